The Morgan fingerprint density at radius 2 is 2.24 bits per heavy atom. The van der Waals surface area contributed by atoms with E-state index in [1.54, 1.807) is 23.1 Å². The number of aromatic nitrogens is 2. The Bertz CT molecular complexity index is 814. The van der Waals surface area contributed by atoms with Crippen LogP contribution in [-0.2, 0) is 10.0 Å². The number of sulfonamides is 1. The maximum atomic E-state index is 12.3. The van der Waals surface area contributed by atoms with Gasteiger partial charge in [0.05, 0.1) is 25.4 Å². The minimum Gasteiger partial charge on any atom is -0.335 e. The van der Waals surface area contributed by atoms with Gasteiger partial charge in [0, 0.05) is 18.9 Å². The van der Waals surface area contributed by atoms with Crippen molar-refractivity contribution in [1.29, 1.82) is 0 Å². The first-order chi connectivity index (χ1) is 11.9. The lowest BCUT2D eigenvalue weighted by molar-refractivity contribution is 0.193. The molecule has 1 aliphatic heterocycles. The van der Waals surface area contributed by atoms with E-state index in [2.05, 4.69) is 10.4 Å². The van der Waals surface area contributed by atoms with Crippen LogP contribution >= 0.6 is 11.3 Å². The second-order valence-corrected chi connectivity index (χ2v) is 8.20. The molecule has 134 valence electrons. The van der Waals surface area contributed by atoms with E-state index in [1.165, 1.54) is 11.3 Å². The number of hydrogen-bond donors (Lipinski definition) is 1. The molecule has 25 heavy (non-hydrogen) atoms. The summed E-state index contributed by atoms with van der Waals surface area (Å²) in [6.45, 7) is 0.223. The number of carbonyl (C=O) groups is 2. The summed E-state index contributed by atoms with van der Waals surface area (Å²) in [6, 6.07) is 2.06. The van der Waals surface area contributed by atoms with E-state index in [4.69, 9.17) is 0 Å². The summed E-state index contributed by atoms with van der Waals surface area (Å²) in [5, 5.41) is 10.8. The fourth-order valence-electron chi connectivity index (χ4n) is 2.59. The quantitative estimate of drug-likeness (QED) is 0.827. The van der Waals surface area contributed by atoms with Gasteiger partial charge in [-0.2, -0.15) is 16.4 Å². The van der Waals surface area contributed by atoms with Crippen molar-refractivity contribution < 1.29 is 18.0 Å². The van der Waals surface area contributed by atoms with Crippen molar-refractivity contribution >= 4 is 33.4 Å². The van der Waals surface area contributed by atoms with Gasteiger partial charge in [-0.05, 0) is 28.5 Å². The summed E-state index contributed by atoms with van der Waals surface area (Å²) < 4.78 is 25.5. The highest BCUT2D eigenvalue weighted by Crippen LogP contribution is 2.20. The van der Waals surface area contributed by atoms with Crippen LogP contribution in [0.25, 0.3) is 0 Å². The van der Waals surface area contributed by atoms with E-state index >= 15 is 0 Å². The van der Waals surface area contributed by atoms with E-state index in [-0.39, 0.29) is 25.7 Å². The highest BCUT2D eigenvalue weighted by Gasteiger charge is 2.38. The van der Waals surface area contributed by atoms with Gasteiger partial charge >= 0.3 is 12.1 Å². The molecule has 3 heterocycles. The van der Waals surface area contributed by atoms with E-state index in [0.29, 0.717) is 4.31 Å². The second kappa shape index (κ2) is 6.84. The molecule has 0 aliphatic carbocycles. The molecule has 0 spiro atoms. The van der Waals surface area contributed by atoms with Crippen LogP contribution in [0, 0.1) is 0 Å². The van der Waals surface area contributed by atoms with Crippen LogP contribution in [0.3, 0.4) is 0 Å². The molecule has 0 saturated carbocycles. The van der Waals surface area contributed by atoms with Gasteiger partial charge in [-0.15, -0.1) is 0 Å². The highest BCUT2D eigenvalue weighted by molar-refractivity contribution is 7.88. The predicted octanol–water partition coefficient (Wildman–Crippen LogP) is 0.941. The van der Waals surface area contributed by atoms with Crippen molar-refractivity contribution in [2.45, 2.75) is 6.04 Å². The van der Waals surface area contributed by atoms with Gasteiger partial charge in [0.2, 0.25) is 10.0 Å². The smallest absolute Gasteiger partial charge is 0.335 e. The topological polar surface area (TPSA) is 105 Å². The average molecular weight is 383 g/mol. The Kier molecular flexibility index (Phi) is 4.77. The number of hydrogen-bond acceptors (Lipinski definition) is 6. The highest BCUT2D eigenvalue weighted by atomic mass is 32.2. The van der Waals surface area contributed by atoms with Crippen molar-refractivity contribution in [1.82, 2.24) is 24.3 Å². The van der Waals surface area contributed by atoms with Crippen LogP contribution in [0.1, 0.15) is 11.6 Å². The van der Waals surface area contributed by atoms with E-state index in [9.17, 15) is 18.0 Å². The van der Waals surface area contributed by atoms with Crippen molar-refractivity contribution in [2.75, 3.05) is 25.9 Å². The molecular weight excluding hydrogens is 366 g/mol. The molecule has 3 rings (SSSR count). The maximum absolute atomic E-state index is 12.3. The molecule has 9 nitrogen and oxygen atoms in total. The molecule has 1 atom stereocenters. The zero-order valence-corrected chi connectivity index (χ0v) is 15.0. The van der Waals surface area contributed by atoms with Crippen LogP contribution in [-0.4, -0.2) is 65.4 Å². The third-order valence-electron chi connectivity index (χ3n) is 3.84. The first kappa shape index (κ1) is 17.4. The lowest BCUT2D eigenvalue weighted by Crippen LogP contribution is -2.45. The van der Waals surface area contributed by atoms with Crippen molar-refractivity contribution in [2.24, 2.45) is 0 Å². The lowest BCUT2D eigenvalue weighted by Gasteiger charge is -2.20. The first-order valence-corrected chi connectivity index (χ1v) is 10.3. The van der Waals surface area contributed by atoms with E-state index < -0.39 is 22.1 Å². The maximum Gasteiger partial charge on any atom is 0.341 e. The molecule has 1 N–H and O–H groups in total. The van der Waals surface area contributed by atoms with E-state index in [0.717, 1.165) is 16.7 Å². The molecule has 1 fully saturated rings. The SMILES string of the molecule is CS(=O)(=O)N1CCN(C(=O)NC[C@H](c2ccsc2)n2cccn2)C1=O. The number of imide groups is 1. The van der Waals surface area contributed by atoms with E-state index in [1.807, 2.05) is 16.8 Å². The third kappa shape index (κ3) is 3.66. The average Bonchev–Trinajstić information content (AvgIpc) is 3.28. The normalized spacial score (nSPS) is 16.3. The molecular formula is C14H17N5O4S2. The standard InChI is InChI=1S/C14H17N5O4S2/c1-25(22,23)19-7-6-17(14(19)21)13(20)15-9-12(11-3-8-24-10-11)18-5-2-4-16-18/h2-5,8,10,12H,6-7,9H2,1H3,(H,15,20)/t12-/m1/s1. The van der Waals surface area contributed by atoms with Gasteiger partial charge in [0.15, 0.2) is 0 Å². The molecule has 2 aromatic heterocycles. The summed E-state index contributed by atoms with van der Waals surface area (Å²) >= 11 is 1.54. The molecule has 0 unspecified atom stereocenters. The second-order valence-electron chi connectivity index (χ2n) is 5.51. The summed E-state index contributed by atoms with van der Waals surface area (Å²) in [4.78, 5) is 25.3. The number of nitrogens with zero attached hydrogens (tertiary/aromatic N) is 4. The Morgan fingerprint density at radius 3 is 2.80 bits per heavy atom. The Labute approximate surface area is 148 Å². The number of carbonyl (C=O) groups excluding carboxylic acids is 2. The molecule has 0 radical (unpaired) electrons. The summed E-state index contributed by atoms with van der Waals surface area (Å²) in [7, 11) is -3.67. The Morgan fingerprint density at radius 1 is 1.44 bits per heavy atom. The van der Waals surface area contributed by atoms with Gasteiger partial charge in [-0.25, -0.2) is 27.2 Å². The molecule has 1 saturated heterocycles. The molecule has 11 heteroatoms. The number of urea groups is 2. The number of thiophene rings is 1. The monoisotopic (exact) mass is 383 g/mol. The summed E-state index contributed by atoms with van der Waals surface area (Å²) in [5.41, 5.74) is 0.986. The molecule has 4 amide bonds. The van der Waals surface area contributed by atoms with Gasteiger partial charge in [-0.3, -0.25) is 4.68 Å². The number of nitrogens with one attached hydrogen (secondary N) is 1. The van der Waals surface area contributed by atoms with Gasteiger partial charge in [-0.1, -0.05) is 0 Å². The zero-order chi connectivity index (χ0) is 18.0. The first-order valence-electron chi connectivity index (χ1n) is 7.46. The van der Waals surface area contributed by atoms with Crippen LogP contribution in [0.5, 0.6) is 0 Å². The largest absolute Gasteiger partial charge is 0.341 e. The van der Waals surface area contributed by atoms with Crippen molar-refractivity contribution in [3.8, 4) is 0 Å². The summed E-state index contributed by atoms with van der Waals surface area (Å²) in [5.74, 6) is 0. The molecule has 2 aromatic rings. The minimum atomic E-state index is -3.67. The minimum absolute atomic E-state index is 0.0296. The zero-order valence-electron chi connectivity index (χ0n) is 13.4. The molecule has 0 bridgehead atoms. The van der Waals surface area contributed by atoms with Crippen LogP contribution < -0.4 is 5.32 Å². The summed E-state index contributed by atoms with van der Waals surface area (Å²) in [6.07, 6.45) is 4.38. The van der Waals surface area contributed by atoms with Crippen molar-refractivity contribution in [3.05, 3.63) is 40.8 Å². The van der Waals surface area contributed by atoms with Gasteiger partial charge < -0.3 is 5.32 Å². The van der Waals surface area contributed by atoms with Crippen molar-refractivity contribution in [3.63, 3.8) is 0 Å². The van der Waals surface area contributed by atoms with Crippen LogP contribution in [0.2, 0.25) is 0 Å². The predicted molar refractivity (Wildman–Crippen MR) is 91.7 cm³/mol. The molecule has 1 aliphatic rings. The third-order valence-corrected chi connectivity index (χ3v) is 5.68. The Hall–Kier alpha value is -2.40. The Balaban J connectivity index is 1.68. The van der Waals surface area contributed by atoms with Gasteiger partial charge in [0.1, 0.15) is 0 Å². The fourth-order valence-corrected chi connectivity index (χ4v) is 4.09. The fraction of sp³-hybridized carbons (Fsp3) is 0.357. The molecule has 0 aromatic carbocycles. The van der Waals surface area contributed by atoms with Gasteiger partial charge in [0.25, 0.3) is 0 Å². The van der Waals surface area contributed by atoms with Crippen LogP contribution in [0.4, 0.5) is 9.59 Å². The lowest BCUT2D eigenvalue weighted by atomic mass is 10.1. The van der Waals surface area contributed by atoms with Crippen LogP contribution in [0.15, 0.2) is 35.3 Å². The number of rotatable bonds is 5. The number of amides is 4.